The Morgan fingerprint density at radius 1 is 1.38 bits per heavy atom. The van der Waals surface area contributed by atoms with E-state index in [1.165, 1.54) is 18.3 Å². The van der Waals surface area contributed by atoms with Crippen LogP contribution in [0.4, 0.5) is 0 Å². The molecular formula is C9H7Cl3N2O2. The molecule has 3 N–H and O–H groups in total. The van der Waals surface area contributed by atoms with Crippen molar-refractivity contribution in [3.05, 3.63) is 29.6 Å². The van der Waals surface area contributed by atoms with Crippen LogP contribution >= 0.6 is 34.8 Å². The number of H-pyrrole nitrogens is 1. The Labute approximate surface area is 106 Å². The second kappa shape index (κ2) is 4.91. The van der Waals surface area contributed by atoms with Crippen molar-refractivity contribution < 1.29 is 9.59 Å². The molecule has 0 atom stereocenters. The van der Waals surface area contributed by atoms with Gasteiger partial charge in [0.15, 0.2) is 0 Å². The van der Waals surface area contributed by atoms with Gasteiger partial charge in [0.25, 0.3) is 3.79 Å². The summed E-state index contributed by atoms with van der Waals surface area (Å²) in [6.45, 7) is 0. The molecule has 0 unspecified atom stereocenters. The van der Waals surface area contributed by atoms with Crippen LogP contribution in [0.3, 0.4) is 0 Å². The van der Waals surface area contributed by atoms with Gasteiger partial charge in [-0.2, -0.15) is 0 Å². The third kappa shape index (κ3) is 3.56. The summed E-state index contributed by atoms with van der Waals surface area (Å²) in [6.07, 6.45) is 4.09. The lowest BCUT2D eigenvalue weighted by Gasteiger charge is -2.06. The Morgan fingerprint density at radius 2 is 2.00 bits per heavy atom. The standard InChI is InChI=1S/C9H7Cl3N2O2/c10-9(11,12)8(16)6-3-5(4-14-6)1-2-7(13)15/h1-4,14H,(H2,13,15). The van der Waals surface area contributed by atoms with Crippen molar-refractivity contribution >= 4 is 52.6 Å². The highest BCUT2D eigenvalue weighted by Gasteiger charge is 2.32. The average Bonchev–Trinajstić information content (AvgIpc) is 2.60. The number of carbonyl (C=O) groups excluding carboxylic acids is 2. The molecule has 0 fully saturated rings. The molecule has 7 heteroatoms. The van der Waals surface area contributed by atoms with Crippen molar-refractivity contribution in [1.29, 1.82) is 0 Å². The zero-order valence-electron chi connectivity index (χ0n) is 7.84. The van der Waals surface area contributed by atoms with Crippen molar-refractivity contribution in [3.8, 4) is 0 Å². The highest BCUT2D eigenvalue weighted by Crippen LogP contribution is 2.30. The van der Waals surface area contributed by atoms with Crippen molar-refractivity contribution in [1.82, 2.24) is 4.98 Å². The van der Waals surface area contributed by atoms with Crippen LogP contribution in [0.5, 0.6) is 0 Å². The SMILES string of the molecule is NC(=O)C=Cc1c[nH]c(C(=O)C(Cl)(Cl)Cl)c1. The number of aromatic nitrogens is 1. The first-order valence-electron chi connectivity index (χ1n) is 4.08. The van der Waals surface area contributed by atoms with E-state index in [0.717, 1.165) is 6.08 Å². The molecule has 1 heterocycles. The van der Waals surface area contributed by atoms with Crippen molar-refractivity contribution in [2.24, 2.45) is 5.73 Å². The molecule has 0 aliphatic rings. The van der Waals surface area contributed by atoms with Crippen LogP contribution in [-0.4, -0.2) is 20.5 Å². The lowest BCUT2D eigenvalue weighted by molar-refractivity contribution is -0.113. The number of hydrogen-bond donors (Lipinski definition) is 2. The number of nitrogens with two attached hydrogens (primary N) is 1. The lowest BCUT2D eigenvalue weighted by Crippen LogP contribution is -2.19. The van der Waals surface area contributed by atoms with E-state index >= 15 is 0 Å². The van der Waals surface area contributed by atoms with E-state index in [1.54, 1.807) is 0 Å². The summed E-state index contributed by atoms with van der Waals surface area (Å²) in [4.78, 5) is 24.6. The minimum atomic E-state index is -2.00. The first-order chi connectivity index (χ1) is 7.30. The fraction of sp³-hybridized carbons (Fsp3) is 0.111. The van der Waals surface area contributed by atoms with Gasteiger partial charge in [-0.1, -0.05) is 34.8 Å². The summed E-state index contributed by atoms with van der Waals surface area (Å²) in [5.41, 5.74) is 5.63. The minimum Gasteiger partial charge on any atom is -0.366 e. The number of alkyl halides is 3. The Bertz CT molecular complexity index is 446. The molecule has 0 aliphatic carbocycles. The number of hydrogen-bond acceptors (Lipinski definition) is 2. The fourth-order valence-corrected chi connectivity index (χ4v) is 1.27. The van der Waals surface area contributed by atoms with E-state index in [4.69, 9.17) is 40.5 Å². The first-order valence-corrected chi connectivity index (χ1v) is 5.21. The first kappa shape index (κ1) is 13.1. The lowest BCUT2D eigenvalue weighted by atomic mass is 10.2. The van der Waals surface area contributed by atoms with Crippen LogP contribution in [0, 0.1) is 0 Å². The van der Waals surface area contributed by atoms with E-state index in [0.29, 0.717) is 5.56 Å². The number of nitrogens with one attached hydrogen (secondary N) is 1. The predicted molar refractivity (Wildman–Crippen MR) is 63.6 cm³/mol. The molecule has 0 aliphatic heterocycles. The van der Waals surface area contributed by atoms with Gasteiger partial charge in [0.05, 0.1) is 5.69 Å². The number of halogens is 3. The molecule has 0 saturated heterocycles. The predicted octanol–water partition coefficient (Wildman–Crippen LogP) is 2.07. The quantitative estimate of drug-likeness (QED) is 0.505. The Kier molecular flexibility index (Phi) is 4.02. The Hall–Kier alpha value is -0.970. The molecule has 1 amide bonds. The summed E-state index contributed by atoms with van der Waals surface area (Å²) in [5, 5.41) is 0. The number of Topliss-reactive ketones (excluding diaryl/α,β-unsaturated/α-hetero) is 1. The topological polar surface area (TPSA) is 76.0 Å². The maximum atomic E-state index is 11.5. The maximum Gasteiger partial charge on any atom is 0.254 e. The largest absolute Gasteiger partial charge is 0.366 e. The van der Waals surface area contributed by atoms with E-state index in [-0.39, 0.29) is 5.69 Å². The van der Waals surface area contributed by atoms with Crippen LogP contribution in [0.15, 0.2) is 18.3 Å². The van der Waals surface area contributed by atoms with E-state index in [1.807, 2.05) is 0 Å². The smallest absolute Gasteiger partial charge is 0.254 e. The van der Waals surface area contributed by atoms with Gasteiger partial charge >= 0.3 is 0 Å². The van der Waals surface area contributed by atoms with Crippen LogP contribution in [0.1, 0.15) is 16.1 Å². The van der Waals surface area contributed by atoms with Gasteiger partial charge in [0.1, 0.15) is 0 Å². The summed E-state index contributed by atoms with van der Waals surface area (Å²) < 4.78 is -2.00. The molecule has 86 valence electrons. The van der Waals surface area contributed by atoms with Crippen molar-refractivity contribution in [3.63, 3.8) is 0 Å². The number of carbonyl (C=O) groups is 2. The van der Waals surface area contributed by atoms with Crippen LogP contribution in [0.2, 0.25) is 0 Å². The monoisotopic (exact) mass is 280 g/mol. The average molecular weight is 282 g/mol. The maximum absolute atomic E-state index is 11.5. The van der Waals surface area contributed by atoms with Gasteiger partial charge in [-0.25, -0.2) is 0 Å². The summed E-state index contributed by atoms with van der Waals surface area (Å²) in [5.74, 6) is -1.26. The van der Waals surface area contributed by atoms with Crippen LogP contribution < -0.4 is 5.73 Å². The molecule has 0 spiro atoms. The zero-order valence-corrected chi connectivity index (χ0v) is 10.1. The number of aromatic amines is 1. The normalized spacial score (nSPS) is 11.9. The third-order valence-electron chi connectivity index (χ3n) is 1.65. The van der Waals surface area contributed by atoms with E-state index in [9.17, 15) is 9.59 Å². The summed E-state index contributed by atoms with van der Waals surface area (Å²) >= 11 is 16.3. The van der Waals surface area contributed by atoms with Gasteiger partial charge < -0.3 is 10.7 Å². The second-order valence-corrected chi connectivity index (χ2v) is 5.19. The summed E-state index contributed by atoms with van der Waals surface area (Å²) in [7, 11) is 0. The Morgan fingerprint density at radius 3 is 2.50 bits per heavy atom. The molecule has 1 rings (SSSR count). The second-order valence-electron chi connectivity index (χ2n) is 2.91. The number of rotatable bonds is 3. The highest BCUT2D eigenvalue weighted by atomic mass is 35.6. The molecule has 0 bridgehead atoms. The van der Waals surface area contributed by atoms with Gasteiger partial charge in [-0.3, -0.25) is 9.59 Å². The molecular weight excluding hydrogens is 274 g/mol. The Balaban J connectivity index is 2.88. The van der Waals surface area contributed by atoms with E-state index in [2.05, 4.69) is 4.98 Å². The van der Waals surface area contributed by atoms with E-state index < -0.39 is 15.5 Å². The minimum absolute atomic E-state index is 0.143. The zero-order chi connectivity index (χ0) is 12.3. The number of amides is 1. The van der Waals surface area contributed by atoms with Crippen LogP contribution in [-0.2, 0) is 4.79 Å². The fourth-order valence-electron chi connectivity index (χ4n) is 0.969. The number of primary amides is 1. The molecule has 16 heavy (non-hydrogen) atoms. The van der Waals surface area contributed by atoms with Gasteiger partial charge in [0, 0.05) is 12.3 Å². The van der Waals surface area contributed by atoms with Gasteiger partial charge in [-0.05, 0) is 17.7 Å². The van der Waals surface area contributed by atoms with Crippen LogP contribution in [0.25, 0.3) is 6.08 Å². The third-order valence-corrected chi connectivity index (χ3v) is 2.16. The molecule has 1 aromatic heterocycles. The van der Waals surface area contributed by atoms with Gasteiger partial charge in [-0.15, -0.1) is 0 Å². The van der Waals surface area contributed by atoms with Crippen molar-refractivity contribution in [2.75, 3.05) is 0 Å². The molecule has 4 nitrogen and oxygen atoms in total. The van der Waals surface area contributed by atoms with Crippen molar-refractivity contribution in [2.45, 2.75) is 3.79 Å². The summed E-state index contributed by atoms with van der Waals surface area (Å²) in [6, 6.07) is 1.45. The molecule has 0 saturated carbocycles. The van der Waals surface area contributed by atoms with Gasteiger partial charge in [0.2, 0.25) is 11.7 Å². The molecule has 1 aromatic rings. The highest BCUT2D eigenvalue weighted by molar-refractivity contribution is 6.77. The molecule has 0 aromatic carbocycles. The number of ketones is 1. The molecule has 0 radical (unpaired) electrons.